The average molecular weight is 239 g/mol. The van der Waals surface area contributed by atoms with Gasteiger partial charge in [0.1, 0.15) is 8.07 Å². The van der Waals surface area contributed by atoms with E-state index in [-0.39, 0.29) is 0 Å². The first kappa shape index (κ1) is 14.7. The Balaban J connectivity index is 4.56. The van der Waals surface area contributed by atoms with Gasteiger partial charge in [0.25, 0.3) is 0 Å². The standard InChI is InChI=1S/C13H26Si2/c1-7-15(8-2,9-3)13-11-10-12-14(4,5)6/h10,12H,7-9H2,1-6H3/b12-10+. The maximum atomic E-state index is 3.58. The second-order valence-corrected chi connectivity index (χ2v) is 15.3. The third-order valence-electron chi connectivity index (χ3n) is 3.03. The third kappa shape index (κ3) is 6.01. The van der Waals surface area contributed by atoms with Crippen LogP contribution in [0.4, 0.5) is 0 Å². The van der Waals surface area contributed by atoms with Crippen molar-refractivity contribution in [3.8, 4) is 11.5 Å². The van der Waals surface area contributed by atoms with Gasteiger partial charge < -0.3 is 0 Å². The summed E-state index contributed by atoms with van der Waals surface area (Å²) < 4.78 is 0. The SMILES string of the molecule is CC[Si](C#C/C=C/[Si](C)(C)C)(CC)CC. The normalized spacial score (nSPS) is 12.7. The minimum Gasteiger partial charge on any atom is -0.127 e. The number of rotatable bonds is 4. The van der Waals surface area contributed by atoms with E-state index in [9.17, 15) is 0 Å². The molecule has 0 aromatic rings. The minimum absolute atomic E-state index is 1.05. The molecule has 0 aromatic carbocycles. The lowest BCUT2D eigenvalue weighted by molar-refractivity contribution is 1.20. The molecule has 0 saturated carbocycles. The number of hydrogen-bond donors (Lipinski definition) is 0. The fraction of sp³-hybridized carbons (Fsp3) is 0.692. The Kier molecular flexibility index (Phi) is 6.23. The van der Waals surface area contributed by atoms with Gasteiger partial charge in [0.15, 0.2) is 0 Å². The third-order valence-corrected chi connectivity index (χ3v) is 8.94. The van der Waals surface area contributed by atoms with Crippen LogP contribution in [-0.4, -0.2) is 16.1 Å². The van der Waals surface area contributed by atoms with Crippen molar-refractivity contribution in [1.82, 2.24) is 0 Å². The first-order valence-corrected chi connectivity index (χ1v) is 12.3. The predicted octanol–water partition coefficient (Wildman–Crippen LogP) is 4.47. The highest BCUT2D eigenvalue weighted by molar-refractivity contribution is 6.87. The van der Waals surface area contributed by atoms with Crippen LogP contribution >= 0.6 is 0 Å². The number of allylic oxidation sites excluding steroid dienone is 1. The van der Waals surface area contributed by atoms with Crippen LogP contribution in [0.5, 0.6) is 0 Å². The van der Waals surface area contributed by atoms with Gasteiger partial charge in [-0.2, -0.15) is 0 Å². The van der Waals surface area contributed by atoms with Gasteiger partial charge >= 0.3 is 0 Å². The van der Waals surface area contributed by atoms with Crippen LogP contribution in [0.15, 0.2) is 11.8 Å². The summed E-state index contributed by atoms with van der Waals surface area (Å²) in [5, 5.41) is 0. The minimum atomic E-state index is -1.21. The predicted molar refractivity (Wildman–Crippen MR) is 77.5 cm³/mol. The average Bonchev–Trinajstić information content (AvgIpc) is 2.18. The van der Waals surface area contributed by atoms with Gasteiger partial charge in [-0.25, -0.2) is 0 Å². The van der Waals surface area contributed by atoms with Gasteiger partial charge in [-0.3, -0.25) is 0 Å². The Hall–Kier alpha value is -0.266. The van der Waals surface area contributed by atoms with Gasteiger partial charge in [-0.15, -0.1) is 5.54 Å². The van der Waals surface area contributed by atoms with Crippen molar-refractivity contribution in [3.63, 3.8) is 0 Å². The van der Waals surface area contributed by atoms with Crippen molar-refractivity contribution in [2.45, 2.75) is 58.5 Å². The van der Waals surface area contributed by atoms with Gasteiger partial charge in [0, 0.05) is 0 Å². The Morgan fingerprint density at radius 1 is 0.933 bits per heavy atom. The largest absolute Gasteiger partial charge is 0.138 e. The summed E-state index contributed by atoms with van der Waals surface area (Å²) in [7, 11) is -2.26. The van der Waals surface area contributed by atoms with Crippen LogP contribution in [0.1, 0.15) is 20.8 Å². The second-order valence-electron chi connectivity index (χ2n) is 5.31. The summed E-state index contributed by atoms with van der Waals surface area (Å²) in [5.74, 6) is 3.30. The lowest BCUT2D eigenvalue weighted by Gasteiger charge is -2.19. The topological polar surface area (TPSA) is 0 Å². The quantitative estimate of drug-likeness (QED) is 0.501. The molecule has 0 unspecified atom stereocenters. The van der Waals surface area contributed by atoms with E-state index in [4.69, 9.17) is 0 Å². The van der Waals surface area contributed by atoms with E-state index in [0.717, 1.165) is 0 Å². The van der Waals surface area contributed by atoms with Gasteiger partial charge in [0.2, 0.25) is 0 Å². The Morgan fingerprint density at radius 3 is 1.73 bits per heavy atom. The summed E-state index contributed by atoms with van der Waals surface area (Å²) in [6, 6.07) is 3.90. The summed E-state index contributed by atoms with van der Waals surface area (Å²) in [4.78, 5) is 0. The van der Waals surface area contributed by atoms with E-state index in [1.54, 1.807) is 0 Å². The monoisotopic (exact) mass is 238 g/mol. The molecule has 0 amide bonds. The van der Waals surface area contributed by atoms with Crippen molar-refractivity contribution in [3.05, 3.63) is 11.8 Å². The summed E-state index contributed by atoms with van der Waals surface area (Å²) in [6.07, 6.45) is 2.11. The lowest BCUT2D eigenvalue weighted by atomic mass is 10.7. The van der Waals surface area contributed by atoms with Crippen LogP contribution in [0.25, 0.3) is 0 Å². The van der Waals surface area contributed by atoms with Crippen LogP contribution in [0.3, 0.4) is 0 Å². The van der Waals surface area contributed by atoms with Crippen molar-refractivity contribution < 1.29 is 0 Å². The van der Waals surface area contributed by atoms with Crippen molar-refractivity contribution in [2.24, 2.45) is 0 Å². The number of hydrogen-bond acceptors (Lipinski definition) is 0. The summed E-state index contributed by atoms with van der Waals surface area (Å²) in [5.41, 5.74) is 5.91. The van der Waals surface area contributed by atoms with Crippen molar-refractivity contribution in [1.29, 1.82) is 0 Å². The van der Waals surface area contributed by atoms with Gasteiger partial charge in [-0.05, 0) is 24.2 Å². The fourth-order valence-electron chi connectivity index (χ4n) is 1.50. The zero-order valence-electron chi connectivity index (χ0n) is 11.3. The van der Waals surface area contributed by atoms with Crippen LogP contribution in [0.2, 0.25) is 37.8 Å². The fourth-order valence-corrected chi connectivity index (χ4v) is 4.50. The highest BCUT2D eigenvalue weighted by atomic mass is 28.3. The van der Waals surface area contributed by atoms with Gasteiger partial charge in [0.05, 0.1) is 8.07 Å². The van der Waals surface area contributed by atoms with Gasteiger partial charge in [-0.1, -0.05) is 52.0 Å². The van der Waals surface area contributed by atoms with Crippen LogP contribution in [-0.2, 0) is 0 Å². The van der Waals surface area contributed by atoms with E-state index < -0.39 is 16.1 Å². The van der Waals surface area contributed by atoms with E-state index in [1.165, 1.54) is 18.1 Å². The molecule has 0 spiro atoms. The Bertz CT molecular complexity index is 248. The Labute approximate surface area is 98.2 Å². The molecule has 0 bridgehead atoms. The molecule has 2 heteroatoms. The molecule has 0 aliphatic heterocycles. The lowest BCUT2D eigenvalue weighted by Crippen LogP contribution is -2.29. The maximum Gasteiger partial charge on any atom is 0.138 e. The molecule has 86 valence electrons. The first-order chi connectivity index (χ1) is 6.89. The molecule has 0 heterocycles. The molecule has 0 fully saturated rings. The highest BCUT2D eigenvalue weighted by Gasteiger charge is 2.23. The highest BCUT2D eigenvalue weighted by Crippen LogP contribution is 2.18. The zero-order valence-corrected chi connectivity index (χ0v) is 13.3. The maximum absolute atomic E-state index is 3.58. The molecule has 0 atom stereocenters. The van der Waals surface area contributed by atoms with Crippen LogP contribution in [0, 0.1) is 11.5 Å². The molecule has 0 N–H and O–H groups in total. The molecule has 0 radical (unpaired) electrons. The molecular weight excluding hydrogens is 212 g/mol. The first-order valence-electron chi connectivity index (χ1n) is 6.09. The second kappa shape index (κ2) is 6.35. The molecule has 0 saturated heterocycles. The van der Waals surface area contributed by atoms with E-state index in [1.807, 2.05) is 0 Å². The van der Waals surface area contributed by atoms with E-state index >= 15 is 0 Å². The molecule has 15 heavy (non-hydrogen) atoms. The van der Waals surface area contributed by atoms with Crippen LogP contribution < -0.4 is 0 Å². The summed E-state index contributed by atoms with van der Waals surface area (Å²) >= 11 is 0. The molecule has 0 rings (SSSR count). The summed E-state index contributed by atoms with van der Waals surface area (Å²) in [6.45, 7) is 13.9. The smallest absolute Gasteiger partial charge is 0.127 e. The zero-order chi connectivity index (χ0) is 11.9. The molecule has 0 aliphatic rings. The van der Waals surface area contributed by atoms with E-state index in [0.29, 0.717) is 0 Å². The Morgan fingerprint density at radius 2 is 1.40 bits per heavy atom. The van der Waals surface area contributed by atoms with E-state index in [2.05, 4.69) is 63.7 Å². The molecular formula is C13H26Si2. The van der Waals surface area contributed by atoms with Crippen molar-refractivity contribution in [2.75, 3.05) is 0 Å². The molecule has 0 aliphatic carbocycles. The van der Waals surface area contributed by atoms with Crippen molar-refractivity contribution >= 4 is 16.1 Å². The molecule has 0 aromatic heterocycles. The molecule has 0 nitrogen and oxygen atoms in total.